The average molecular weight is 383 g/mol. The summed E-state index contributed by atoms with van der Waals surface area (Å²) in [6.45, 7) is 4.40. The second-order valence-electron chi connectivity index (χ2n) is 6.87. The molecular formula is C23H30N2O3. The second-order valence-corrected chi connectivity index (χ2v) is 6.87. The molecule has 0 saturated carbocycles. The molecule has 150 valence electrons. The van der Waals surface area contributed by atoms with Gasteiger partial charge in [0, 0.05) is 30.9 Å². The molecule has 1 N–H and O–H groups in total. The van der Waals surface area contributed by atoms with Crippen LogP contribution in [0.1, 0.15) is 56.3 Å². The zero-order chi connectivity index (χ0) is 20.4. The summed E-state index contributed by atoms with van der Waals surface area (Å²) in [6.07, 6.45) is 6.00. The van der Waals surface area contributed by atoms with Gasteiger partial charge >= 0.3 is 0 Å². The molecule has 0 atom stereocenters. The minimum Gasteiger partial charge on any atom is -0.494 e. The summed E-state index contributed by atoms with van der Waals surface area (Å²) in [5.41, 5.74) is 1.93. The van der Waals surface area contributed by atoms with Gasteiger partial charge in [0.1, 0.15) is 5.75 Å². The van der Waals surface area contributed by atoms with Crippen molar-refractivity contribution in [2.75, 3.05) is 23.9 Å². The number of nitrogens with zero attached hydrogens (tertiary/aromatic N) is 1. The van der Waals surface area contributed by atoms with Crippen molar-refractivity contribution in [1.29, 1.82) is 0 Å². The molecule has 5 heteroatoms. The number of anilines is 2. The van der Waals surface area contributed by atoms with Gasteiger partial charge in [-0.3, -0.25) is 9.59 Å². The molecule has 0 aliphatic carbocycles. The van der Waals surface area contributed by atoms with Crippen molar-refractivity contribution in [1.82, 2.24) is 0 Å². The first-order valence-electron chi connectivity index (χ1n) is 9.90. The number of unbranched alkanes of at least 4 members (excludes halogenated alkanes) is 4. The smallest absolute Gasteiger partial charge is 0.255 e. The Kier molecular flexibility index (Phi) is 8.53. The van der Waals surface area contributed by atoms with E-state index in [1.54, 1.807) is 31.3 Å². The Labute approximate surface area is 167 Å². The lowest BCUT2D eigenvalue weighted by Gasteiger charge is -2.16. The molecule has 2 aromatic rings. The number of carbonyl (C=O) groups excluding carboxylic acids is 2. The third-order valence-corrected chi connectivity index (χ3v) is 4.60. The van der Waals surface area contributed by atoms with Crippen molar-refractivity contribution in [3.05, 3.63) is 54.1 Å². The lowest BCUT2D eigenvalue weighted by Crippen LogP contribution is -2.23. The maximum absolute atomic E-state index is 12.5. The zero-order valence-electron chi connectivity index (χ0n) is 17.0. The van der Waals surface area contributed by atoms with E-state index in [2.05, 4.69) is 12.2 Å². The Hall–Kier alpha value is -2.82. The first-order chi connectivity index (χ1) is 13.5. The van der Waals surface area contributed by atoms with Crippen molar-refractivity contribution in [3.63, 3.8) is 0 Å². The third-order valence-electron chi connectivity index (χ3n) is 4.60. The summed E-state index contributed by atoms with van der Waals surface area (Å²) >= 11 is 0. The number of hydrogen-bond donors (Lipinski definition) is 1. The van der Waals surface area contributed by atoms with E-state index in [1.807, 2.05) is 24.3 Å². The Morgan fingerprint density at radius 3 is 2.39 bits per heavy atom. The molecule has 0 aromatic heterocycles. The average Bonchev–Trinajstić information content (AvgIpc) is 2.70. The topological polar surface area (TPSA) is 58.6 Å². The van der Waals surface area contributed by atoms with Crippen LogP contribution in [0.3, 0.4) is 0 Å². The van der Waals surface area contributed by atoms with Gasteiger partial charge in [-0.25, -0.2) is 0 Å². The predicted octanol–water partition coefficient (Wildman–Crippen LogP) is 5.27. The SMILES string of the molecule is CCCCCCCOc1ccc(C(=O)Nc2cccc(N(C)C(C)=O)c2)cc1. The molecule has 0 saturated heterocycles. The molecule has 28 heavy (non-hydrogen) atoms. The van der Waals surface area contributed by atoms with E-state index >= 15 is 0 Å². The number of carbonyl (C=O) groups is 2. The summed E-state index contributed by atoms with van der Waals surface area (Å²) in [5, 5.41) is 2.87. The van der Waals surface area contributed by atoms with Crippen LogP contribution in [-0.4, -0.2) is 25.5 Å². The Morgan fingerprint density at radius 1 is 1.00 bits per heavy atom. The number of ether oxygens (including phenoxy) is 1. The quantitative estimate of drug-likeness (QED) is 0.569. The monoisotopic (exact) mass is 382 g/mol. The van der Waals surface area contributed by atoms with Crippen LogP contribution in [0.4, 0.5) is 11.4 Å². The van der Waals surface area contributed by atoms with Gasteiger partial charge < -0.3 is 15.0 Å². The first kappa shape index (κ1) is 21.5. The minimum absolute atomic E-state index is 0.0653. The Morgan fingerprint density at radius 2 is 1.71 bits per heavy atom. The highest BCUT2D eigenvalue weighted by Gasteiger charge is 2.09. The van der Waals surface area contributed by atoms with Gasteiger partial charge in [0.2, 0.25) is 5.91 Å². The molecule has 0 bridgehead atoms. The van der Waals surface area contributed by atoms with E-state index in [1.165, 1.54) is 37.5 Å². The summed E-state index contributed by atoms with van der Waals surface area (Å²) in [5.74, 6) is 0.510. The maximum atomic E-state index is 12.5. The van der Waals surface area contributed by atoms with Crippen LogP contribution in [0.15, 0.2) is 48.5 Å². The molecule has 0 radical (unpaired) electrons. The zero-order valence-corrected chi connectivity index (χ0v) is 17.0. The molecule has 0 spiro atoms. The number of hydrogen-bond acceptors (Lipinski definition) is 3. The van der Waals surface area contributed by atoms with E-state index in [0.29, 0.717) is 17.9 Å². The van der Waals surface area contributed by atoms with Crippen LogP contribution < -0.4 is 15.0 Å². The molecule has 0 unspecified atom stereocenters. The second kappa shape index (κ2) is 11.1. The largest absolute Gasteiger partial charge is 0.494 e. The first-order valence-corrected chi connectivity index (χ1v) is 9.90. The molecule has 0 aliphatic heterocycles. The van der Waals surface area contributed by atoms with Gasteiger partial charge in [0.25, 0.3) is 5.91 Å². The summed E-state index contributed by atoms with van der Waals surface area (Å²) < 4.78 is 5.73. The third kappa shape index (κ3) is 6.72. The fraction of sp³-hybridized carbons (Fsp3) is 0.391. The number of nitrogens with one attached hydrogen (secondary N) is 1. The molecule has 2 rings (SSSR count). The molecule has 0 fully saturated rings. The summed E-state index contributed by atoms with van der Waals surface area (Å²) in [7, 11) is 1.70. The highest BCUT2D eigenvalue weighted by molar-refractivity contribution is 6.04. The van der Waals surface area contributed by atoms with Crippen molar-refractivity contribution in [3.8, 4) is 5.75 Å². The van der Waals surface area contributed by atoms with Crippen LogP contribution in [0.5, 0.6) is 5.75 Å². The number of benzene rings is 2. The normalized spacial score (nSPS) is 10.4. The highest BCUT2D eigenvalue weighted by Crippen LogP contribution is 2.20. The molecule has 2 aromatic carbocycles. The Bertz CT molecular complexity index is 772. The van der Waals surface area contributed by atoms with Crippen LogP contribution in [0, 0.1) is 0 Å². The van der Waals surface area contributed by atoms with E-state index in [-0.39, 0.29) is 11.8 Å². The van der Waals surface area contributed by atoms with Gasteiger partial charge in [-0.15, -0.1) is 0 Å². The van der Waals surface area contributed by atoms with E-state index in [9.17, 15) is 9.59 Å². The van der Waals surface area contributed by atoms with Gasteiger partial charge in [0.05, 0.1) is 6.61 Å². The van der Waals surface area contributed by atoms with Crippen molar-refractivity contribution in [2.45, 2.75) is 46.0 Å². The minimum atomic E-state index is -0.200. The fourth-order valence-electron chi connectivity index (χ4n) is 2.78. The highest BCUT2D eigenvalue weighted by atomic mass is 16.5. The van der Waals surface area contributed by atoms with Crippen LogP contribution in [0.25, 0.3) is 0 Å². The van der Waals surface area contributed by atoms with E-state index < -0.39 is 0 Å². The van der Waals surface area contributed by atoms with Crippen LogP contribution in [-0.2, 0) is 4.79 Å². The maximum Gasteiger partial charge on any atom is 0.255 e. The standard InChI is InChI=1S/C23H30N2O3/c1-4-5-6-7-8-16-28-22-14-12-19(13-15-22)23(27)24-20-10-9-11-21(17-20)25(3)18(2)26/h9-15,17H,4-8,16H2,1-3H3,(H,24,27). The molecule has 5 nitrogen and oxygen atoms in total. The number of rotatable bonds is 10. The predicted molar refractivity (Wildman–Crippen MR) is 114 cm³/mol. The van der Waals surface area contributed by atoms with Crippen molar-refractivity contribution >= 4 is 23.2 Å². The van der Waals surface area contributed by atoms with E-state index in [4.69, 9.17) is 4.74 Å². The summed E-state index contributed by atoms with van der Waals surface area (Å²) in [6, 6.07) is 14.4. The Balaban J connectivity index is 1.87. The molecule has 0 aliphatic rings. The van der Waals surface area contributed by atoms with Crippen molar-refractivity contribution < 1.29 is 14.3 Å². The van der Waals surface area contributed by atoms with E-state index in [0.717, 1.165) is 17.9 Å². The lowest BCUT2D eigenvalue weighted by atomic mass is 10.1. The lowest BCUT2D eigenvalue weighted by molar-refractivity contribution is -0.116. The fourth-order valence-corrected chi connectivity index (χ4v) is 2.78. The molecule has 0 heterocycles. The van der Waals surface area contributed by atoms with Gasteiger partial charge in [-0.2, -0.15) is 0 Å². The molecule has 2 amide bonds. The van der Waals surface area contributed by atoms with Gasteiger partial charge in [0.15, 0.2) is 0 Å². The molecular weight excluding hydrogens is 352 g/mol. The summed E-state index contributed by atoms with van der Waals surface area (Å²) in [4.78, 5) is 25.5. The van der Waals surface area contributed by atoms with Gasteiger partial charge in [-0.1, -0.05) is 38.7 Å². The van der Waals surface area contributed by atoms with Crippen molar-refractivity contribution in [2.24, 2.45) is 0 Å². The van der Waals surface area contributed by atoms with Gasteiger partial charge in [-0.05, 0) is 48.9 Å². The number of amides is 2. The van der Waals surface area contributed by atoms with Crippen LogP contribution in [0.2, 0.25) is 0 Å². The van der Waals surface area contributed by atoms with Crippen LogP contribution >= 0.6 is 0 Å².